The van der Waals surface area contributed by atoms with Gasteiger partial charge in [-0.3, -0.25) is 0 Å². The van der Waals surface area contributed by atoms with E-state index < -0.39 is 0 Å². The summed E-state index contributed by atoms with van der Waals surface area (Å²) in [6, 6.07) is 25.5. The summed E-state index contributed by atoms with van der Waals surface area (Å²) in [4.78, 5) is 2.06. The highest BCUT2D eigenvalue weighted by Crippen LogP contribution is 2.42. The fourth-order valence-corrected chi connectivity index (χ4v) is 4.22. The maximum atomic E-state index is 13.6. The van der Waals surface area contributed by atoms with Crippen LogP contribution in [0.5, 0.6) is 0 Å². The number of hydrogen-bond acceptors (Lipinski definition) is 1. The summed E-state index contributed by atoms with van der Waals surface area (Å²) in [6.07, 6.45) is 0. The van der Waals surface area contributed by atoms with Gasteiger partial charge in [0, 0.05) is 27.7 Å². The number of halogens is 1. The molecule has 0 aliphatic heterocycles. The Balaban J connectivity index is 1.96. The first kappa shape index (κ1) is 15.0. The standard InChI is InChI=1S/C21H16FNS/c1-23-19-13-6-5-12-18(19)21(20(23)15-8-3-2-4-9-15)24-17-11-7-10-16(22)14-17/h2-14H,1H3. The van der Waals surface area contributed by atoms with Crippen molar-refractivity contribution < 1.29 is 4.39 Å². The highest BCUT2D eigenvalue weighted by Gasteiger charge is 2.17. The molecule has 0 spiro atoms. The minimum atomic E-state index is -0.207. The average molecular weight is 333 g/mol. The number of hydrogen-bond donors (Lipinski definition) is 0. The number of aromatic nitrogens is 1. The van der Waals surface area contributed by atoms with Crippen molar-refractivity contribution in [1.29, 1.82) is 0 Å². The van der Waals surface area contributed by atoms with Crippen molar-refractivity contribution in [2.24, 2.45) is 7.05 Å². The monoisotopic (exact) mass is 333 g/mol. The summed E-state index contributed by atoms with van der Waals surface area (Å²) in [5.74, 6) is -0.207. The van der Waals surface area contributed by atoms with Gasteiger partial charge in [-0.1, -0.05) is 66.4 Å². The number of benzene rings is 3. The Bertz CT molecular complexity index is 1000. The van der Waals surface area contributed by atoms with Crippen LogP contribution >= 0.6 is 11.8 Å². The normalized spacial score (nSPS) is 11.1. The summed E-state index contributed by atoms with van der Waals surface area (Å²) in [6.45, 7) is 0. The Morgan fingerprint density at radius 1 is 0.833 bits per heavy atom. The highest BCUT2D eigenvalue weighted by molar-refractivity contribution is 7.99. The zero-order valence-electron chi connectivity index (χ0n) is 13.2. The quantitative estimate of drug-likeness (QED) is 0.436. The molecule has 3 heteroatoms. The summed E-state index contributed by atoms with van der Waals surface area (Å²) in [5.41, 5.74) is 3.50. The molecule has 1 aromatic heterocycles. The van der Waals surface area contributed by atoms with E-state index in [4.69, 9.17) is 0 Å². The van der Waals surface area contributed by atoms with Crippen molar-refractivity contribution in [3.05, 3.63) is 84.7 Å². The molecule has 4 rings (SSSR count). The minimum absolute atomic E-state index is 0.207. The van der Waals surface area contributed by atoms with E-state index in [1.165, 1.54) is 17.0 Å². The molecule has 118 valence electrons. The van der Waals surface area contributed by atoms with Gasteiger partial charge >= 0.3 is 0 Å². The summed E-state index contributed by atoms with van der Waals surface area (Å²) < 4.78 is 15.8. The molecule has 0 aliphatic rings. The number of fused-ring (bicyclic) bond motifs is 1. The minimum Gasteiger partial charge on any atom is -0.343 e. The third-order valence-corrected chi connectivity index (χ3v) is 5.23. The Morgan fingerprint density at radius 3 is 2.38 bits per heavy atom. The maximum absolute atomic E-state index is 13.6. The van der Waals surface area contributed by atoms with Crippen LogP contribution < -0.4 is 0 Å². The van der Waals surface area contributed by atoms with E-state index in [1.54, 1.807) is 23.9 Å². The molecule has 0 radical (unpaired) electrons. The Morgan fingerprint density at radius 2 is 1.58 bits per heavy atom. The molecule has 0 N–H and O–H groups in total. The number of aryl methyl sites for hydroxylation is 1. The van der Waals surface area contributed by atoms with Gasteiger partial charge < -0.3 is 4.57 Å². The van der Waals surface area contributed by atoms with E-state index in [9.17, 15) is 4.39 Å². The van der Waals surface area contributed by atoms with Crippen LogP contribution in [0.2, 0.25) is 0 Å². The maximum Gasteiger partial charge on any atom is 0.124 e. The van der Waals surface area contributed by atoms with Crippen LogP contribution in [-0.2, 0) is 7.05 Å². The predicted octanol–water partition coefficient (Wildman–Crippen LogP) is 6.14. The van der Waals surface area contributed by atoms with Crippen molar-refractivity contribution in [3.8, 4) is 11.3 Å². The Kier molecular flexibility index (Phi) is 3.87. The molecule has 0 unspecified atom stereocenters. The van der Waals surface area contributed by atoms with Crippen molar-refractivity contribution in [2.75, 3.05) is 0 Å². The molecule has 0 fully saturated rings. The summed E-state index contributed by atoms with van der Waals surface area (Å²) >= 11 is 1.61. The Hall–Kier alpha value is -2.52. The molecular weight excluding hydrogens is 317 g/mol. The zero-order valence-corrected chi connectivity index (χ0v) is 14.1. The third-order valence-electron chi connectivity index (χ3n) is 4.12. The first-order valence-corrected chi connectivity index (χ1v) is 8.62. The van der Waals surface area contributed by atoms with Crippen LogP contribution in [0.25, 0.3) is 22.2 Å². The van der Waals surface area contributed by atoms with Crippen LogP contribution in [0.1, 0.15) is 0 Å². The van der Waals surface area contributed by atoms with Crippen molar-refractivity contribution >= 4 is 22.7 Å². The SMILES string of the molecule is Cn1c(-c2ccccc2)c(Sc2cccc(F)c2)c2ccccc21. The summed E-state index contributed by atoms with van der Waals surface area (Å²) in [7, 11) is 2.08. The molecule has 0 aliphatic carbocycles. The van der Waals surface area contributed by atoms with Crippen LogP contribution in [0, 0.1) is 5.82 Å². The lowest BCUT2D eigenvalue weighted by atomic mass is 10.1. The molecule has 0 amide bonds. The van der Waals surface area contributed by atoms with E-state index in [0.717, 1.165) is 21.0 Å². The van der Waals surface area contributed by atoms with Gasteiger partial charge in [0.1, 0.15) is 5.82 Å². The van der Waals surface area contributed by atoms with E-state index in [0.29, 0.717) is 0 Å². The highest BCUT2D eigenvalue weighted by atomic mass is 32.2. The fraction of sp³-hybridized carbons (Fsp3) is 0.0476. The van der Waals surface area contributed by atoms with E-state index >= 15 is 0 Å². The lowest BCUT2D eigenvalue weighted by Crippen LogP contribution is -1.91. The predicted molar refractivity (Wildman–Crippen MR) is 98.9 cm³/mol. The van der Waals surface area contributed by atoms with Crippen LogP contribution in [0.15, 0.2) is 88.7 Å². The van der Waals surface area contributed by atoms with E-state index in [1.807, 2.05) is 36.4 Å². The molecular formula is C21H16FNS. The molecule has 1 heterocycles. The topological polar surface area (TPSA) is 4.93 Å². The smallest absolute Gasteiger partial charge is 0.124 e. The van der Waals surface area contributed by atoms with Gasteiger partial charge in [0.25, 0.3) is 0 Å². The van der Waals surface area contributed by atoms with E-state index in [-0.39, 0.29) is 5.82 Å². The largest absolute Gasteiger partial charge is 0.343 e. The molecule has 0 atom stereocenters. The van der Waals surface area contributed by atoms with Crippen molar-refractivity contribution in [3.63, 3.8) is 0 Å². The van der Waals surface area contributed by atoms with Gasteiger partial charge in [-0.05, 0) is 29.8 Å². The van der Waals surface area contributed by atoms with Crippen LogP contribution in [-0.4, -0.2) is 4.57 Å². The van der Waals surface area contributed by atoms with Gasteiger partial charge in [-0.2, -0.15) is 0 Å². The second-order valence-electron chi connectivity index (χ2n) is 5.68. The molecule has 4 aromatic rings. The van der Waals surface area contributed by atoms with Crippen LogP contribution in [0.3, 0.4) is 0 Å². The molecule has 0 saturated heterocycles. The van der Waals surface area contributed by atoms with Gasteiger partial charge in [0.15, 0.2) is 0 Å². The molecule has 1 nitrogen and oxygen atoms in total. The zero-order chi connectivity index (χ0) is 16.5. The number of nitrogens with zero attached hydrogens (tertiary/aromatic N) is 1. The lowest BCUT2D eigenvalue weighted by molar-refractivity contribution is 0.624. The van der Waals surface area contributed by atoms with Crippen LogP contribution in [0.4, 0.5) is 4.39 Å². The van der Waals surface area contributed by atoms with Gasteiger partial charge in [0.2, 0.25) is 0 Å². The second kappa shape index (κ2) is 6.17. The molecule has 0 bridgehead atoms. The fourth-order valence-electron chi connectivity index (χ4n) is 3.03. The van der Waals surface area contributed by atoms with E-state index in [2.05, 4.69) is 35.9 Å². The first-order chi connectivity index (χ1) is 11.7. The second-order valence-corrected chi connectivity index (χ2v) is 6.76. The van der Waals surface area contributed by atoms with Gasteiger partial charge in [-0.15, -0.1) is 0 Å². The summed E-state index contributed by atoms with van der Waals surface area (Å²) in [5, 5.41) is 1.19. The van der Waals surface area contributed by atoms with Crippen molar-refractivity contribution in [2.45, 2.75) is 9.79 Å². The van der Waals surface area contributed by atoms with Gasteiger partial charge in [-0.25, -0.2) is 4.39 Å². The van der Waals surface area contributed by atoms with Crippen molar-refractivity contribution in [1.82, 2.24) is 4.57 Å². The third kappa shape index (κ3) is 2.61. The molecule has 3 aromatic carbocycles. The Labute approximate surface area is 144 Å². The van der Waals surface area contributed by atoms with Gasteiger partial charge in [0.05, 0.1) is 5.69 Å². The number of rotatable bonds is 3. The average Bonchev–Trinajstić information content (AvgIpc) is 2.88. The molecule has 0 saturated carbocycles. The first-order valence-electron chi connectivity index (χ1n) is 7.80. The number of para-hydroxylation sites is 1. The lowest BCUT2D eigenvalue weighted by Gasteiger charge is -2.08. The molecule has 24 heavy (non-hydrogen) atoms.